The molecule has 0 fully saturated rings. The van der Waals surface area contributed by atoms with E-state index in [1.54, 1.807) is 0 Å². The molecule has 0 N–H and O–H groups in total. The van der Waals surface area contributed by atoms with E-state index in [1.165, 1.54) is 0 Å². The zero-order valence-electron chi connectivity index (χ0n) is 3.36. The zero-order chi connectivity index (χ0) is 4.50. The fourth-order valence-corrected chi connectivity index (χ4v) is 0. The predicted molar refractivity (Wildman–Crippen MR) is 10.5 cm³/mol. The minimum Gasteiger partial charge on any atom is -0.759 e. The molecule has 40 valence electrons. The van der Waals surface area contributed by atoms with E-state index in [2.05, 4.69) is 0 Å². The van der Waals surface area contributed by atoms with E-state index in [-0.39, 0.29) is 67.9 Å². The first-order valence-corrected chi connectivity index (χ1v) is 2.00. The van der Waals surface area contributed by atoms with Crippen molar-refractivity contribution in [2.24, 2.45) is 0 Å². The van der Waals surface area contributed by atoms with Gasteiger partial charge < -0.3 is 9.11 Å². The molecule has 0 aliphatic heterocycles. The van der Waals surface area contributed by atoms with Crippen molar-refractivity contribution in [3.63, 3.8) is 0 Å². The standard InChI is InChI=1S/K.Ni.H2O4S/c;;1-5(2,3)4/h;;(H2,1,2,3,4)/q+1;+2;/p-2. The molecule has 0 atom stereocenters. The van der Waals surface area contributed by atoms with Crippen molar-refractivity contribution in [1.29, 1.82) is 0 Å². The van der Waals surface area contributed by atoms with Crippen LogP contribution in [-0.2, 0) is 26.9 Å². The van der Waals surface area contributed by atoms with Crippen LogP contribution in [0.15, 0.2) is 0 Å². The van der Waals surface area contributed by atoms with Gasteiger partial charge in [-0.25, -0.2) is 0 Å². The largest absolute Gasteiger partial charge is 2.00 e. The van der Waals surface area contributed by atoms with Crippen LogP contribution in [0.3, 0.4) is 0 Å². The molecule has 0 aliphatic rings. The summed E-state index contributed by atoms with van der Waals surface area (Å²) < 4.78 is 34.1. The van der Waals surface area contributed by atoms with E-state index in [4.69, 9.17) is 17.5 Å². The maximum Gasteiger partial charge on any atom is 2.00 e. The molecule has 0 heterocycles. The van der Waals surface area contributed by atoms with Crippen molar-refractivity contribution in [2.45, 2.75) is 0 Å². The Kier molecular flexibility index (Phi) is 14.0. The molecule has 0 aromatic rings. The summed E-state index contributed by atoms with van der Waals surface area (Å²) in [5.41, 5.74) is 0. The average molecular weight is 194 g/mol. The topological polar surface area (TPSA) is 80.3 Å². The molecule has 0 amide bonds. The number of hydrogen-bond donors (Lipinski definition) is 0. The Morgan fingerprint density at radius 3 is 1.14 bits per heavy atom. The van der Waals surface area contributed by atoms with E-state index in [0.29, 0.717) is 0 Å². The van der Waals surface area contributed by atoms with E-state index >= 15 is 0 Å². The molecular formula is KNiO4S+. The molecule has 0 saturated heterocycles. The van der Waals surface area contributed by atoms with Gasteiger partial charge in [0.1, 0.15) is 0 Å². The van der Waals surface area contributed by atoms with Crippen molar-refractivity contribution in [2.75, 3.05) is 0 Å². The Morgan fingerprint density at radius 2 is 1.14 bits per heavy atom. The van der Waals surface area contributed by atoms with Gasteiger partial charge in [0.2, 0.25) is 0 Å². The van der Waals surface area contributed by atoms with Gasteiger partial charge in [0, 0.05) is 10.4 Å². The van der Waals surface area contributed by atoms with Gasteiger partial charge in [-0.3, -0.25) is 8.42 Å². The molecule has 0 saturated carbocycles. The molecule has 0 radical (unpaired) electrons. The number of hydrogen-bond acceptors (Lipinski definition) is 4. The van der Waals surface area contributed by atoms with Crippen LogP contribution in [0.5, 0.6) is 0 Å². The van der Waals surface area contributed by atoms with Crippen LogP contribution in [0.25, 0.3) is 0 Å². The molecule has 0 rings (SSSR count). The first-order chi connectivity index (χ1) is 2.00. The predicted octanol–water partition coefficient (Wildman–Crippen LogP) is -4.34. The summed E-state index contributed by atoms with van der Waals surface area (Å²) in [6.07, 6.45) is 0. The molecule has 0 aromatic heterocycles. The Morgan fingerprint density at radius 1 is 1.14 bits per heavy atom. The normalized spacial score (nSPS) is 8.29. The molecule has 0 spiro atoms. The molecule has 0 aromatic carbocycles. The van der Waals surface area contributed by atoms with E-state index in [1.807, 2.05) is 0 Å². The molecule has 0 unspecified atom stereocenters. The Hall–Kier alpha value is 2.00. The van der Waals surface area contributed by atoms with Gasteiger partial charge in [-0.05, 0) is 0 Å². The van der Waals surface area contributed by atoms with Crippen LogP contribution in [0.2, 0.25) is 0 Å². The van der Waals surface area contributed by atoms with Crippen molar-refractivity contribution >= 4 is 10.4 Å². The van der Waals surface area contributed by atoms with Gasteiger partial charge in [0.05, 0.1) is 0 Å². The smallest absolute Gasteiger partial charge is 0.759 e. The second-order valence-corrected chi connectivity index (χ2v) is 1.22. The zero-order valence-corrected chi connectivity index (χ0v) is 8.28. The molecule has 0 bridgehead atoms. The quantitative estimate of drug-likeness (QED) is 0.222. The van der Waals surface area contributed by atoms with Gasteiger partial charge in [0.25, 0.3) is 0 Å². The fourth-order valence-electron chi connectivity index (χ4n) is 0. The summed E-state index contributed by atoms with van der Waals surface area (Å²) >= 11 is 0. The summed E-state index contributed by atoms with van der Waals surface area (Å²) in [4.78, 5) is 0. The van der Waals surface area contributed by atoms with Gasteiger partial charge in [0.15, 0.2) is 0 Å². The van der Waals surface area contributed by atoms with Gasteiger partial charge in [-0.1, -0.05) is 0 Å². The summed E-state index contributed by atoms with van der Waals surface area (Å²) in [5, 5.41) is 0. The average Bonchev–Trinajstić information content (AvgIpc) is 0.722. The summed E-state index contributed by atoms with van der Waals surface area (Å²) in [7, 11) is -5.17. The van der Waals surface area contributed by atoms with Crippen LogP contribution >= 0.6 is 0 Å². The Balaban J connectivity index is -0.0000000800. The summed E-state index contributed by atoms with van der Waals surface area (Å²) in [6.45, 7) is 0. The molecular weight excluding hydrogens is 194 g/mol. The molecule has 4 nitrogen and oxygen atoms in total. The second-order valence-electron chi connectivity index (χ2n) is 0.408. The number of rotatable bonds is 0. The van der Waals surface area contributed by atoms with Crippen LogP contribution in [-0.4, -0.2) is 17.5 Å². The van der Waals surface area contributed by atoms with E-state index in [0.717, 1.165) is 0 Å². The van der Waals surface area contributed by atoms with Crippen molar-refractivity contribution in [1.82, 2.24) is 0 Å². The van der Waals surface area contributed by atoms with Gasteiger partial charge >= 0.3 is 67.9 Å². The monoisotopic (exact) mass is 193 g/mol. The van der Waals surface area contributed by atoms with Gasteiger partial charge in [-0.15, -0.1) is 0 Å². The van der Waals surface area contributed by atoms with Crippen LogP contribution in [0.4, 0.5) is 0 Å². The minimum atomic E-state index is -5.17. The SMILES string of the molecule is O=S(=O)([O-])[O-].[K+].[Ni+2]. The van der Waals surface area contributed by atoms with Crippen molar-refractivity contribution < 1.29 is 85.4 Å². The summed E-state index contributed by atoms with van der Waals surface area (Å²) in [6, 6.07) is 0. The fraction of sp³-hybridized carbons (Fsp3) is 0. The third kappa shape index (κ3) is 72.0. The molecule has 7 heteroatoms. The van der Waals surface area contributed by atoms with Crippen molar-refractivity contribution in [3.05, 3.63) is 0 Å². The first kappa shape index (κ1) is 16.0. The van der Waals surface area contributed by atoms with Crippen LogP contribution in [0, 0.1) is 0 Å². The maximum atomic E-state index is 8.52. The third-order valence-electron chi connectivity index (χ3n) is 0. The minimum absolute atomic E-state index is 0. The van der Waals surface area contributed by atoms with Crippen LogP contribution < -0.4 is 51.4 Å². The van der Waals surface area contributed by atoms with E-state index < -0.39 is 10.4 Å². The Bertz CT molecular complexity index is 94.9. The Labute approximate surface area is 94.0 Å². The first-order valence-electron chi connectivity index (χ1n) is 0.667. The summed E-state index contributed by atoms with van der Waals surface area (Å²) in [5.74, 6) is 0. The third-order valence-corrected chi connectivity index (χ3v) is 0. The van der Waals surface area contributed by atoms with E-state index in [9.17, 15) is 0 Å². The maximum absolute atomic E-state index is 8.52. The van der Waals surface area contributed by atoms with Crippen LogP contribution in [0.1, 0.15) is 0 Å². The molecule has 0 aliphatic carbocycles. The molecule has 7 heavy (non-hydrogen) atoms. The van der Waals surface area contributed by atoms with Crippen molar-refractivity contribution in [3.8, 4) is 0 Å². The van der Waals surface area contributed by atoms with Gasteiger partial charge in [-0.2, -0.15) is 0 Å². The second kappa shape index (κ2) is 6.12.